The van der Waals surface area contributed by atoms with E-state index in [4.69, 9.17) is 18.6 Å². The minimum absolute atomic E-state index is 0.160. The van der Waals surface area contributed by atoms with Gasteiger partial charge in [-0.3, -0.25) is 9.48 Å². The van der Waals surface area contributed by atoms with Crippen molar-refractivity contribution >= 4 is 32.9 Å². The molecule has 0 bridgehead atoms. The summed E-state index contributed by atoms with van der Waals surface area (Å²) >= 11 is 3.55. The van der Waals surface area contributed by atoms with Crippen LogP contribution < -0.4 is 9.47 Å². The summed E-state index contributed by atoms with van der Waals surface area (Å²) in [6.45, 7) is 2.75. The standard InChI is InChI=1S/C24H23BrN2O5/c1-3-29-23(28)10-16-6-4-5-7-21(16)30-13-17-14-32-24-20(17)11-18(25)12-22(24)31-15-19-8-9-27(2)26-19/h4-9,11-12,14H,3,10,13,15H2,1-2H3. The molecule has 2 aromatic carbocycles. The van der Waals surface area contributed by atoms with Crippen LogP contribution in [0.3, 0.4) is 0 Å². The number of aryl methyl sites for hydroxylation is 1. The highest BCUT2D eigenvalue weighted by atomic mass is 79.9. The normalized spacial score (nSPS) is 11.0. The predicted molar refractivity (Wildman–Crippen MR) is 123 cm³/mol. The second-order valence-electron chi connectivity index (χ2n) is 7.19. The number of carbonyl (C=O) groups excluding carboxylic acids is 1. The summed E-state index contributed by atoms with van der Waals surface area (Å²) in [5, 5.41) is 5.22. The van der Waals surface area contributed by atoms with E-state index in [-0.39, 0.29) is 19.0 Å². The van der Waals surface area contributed by atoms with Gasteiger partial charge in [0.05, 0.1) is 25.0 Å². The highest BCUT2D eigenvalue weighted by molar-refractivity contribution is 9.10. The Balaban J connectivity index is 1.51. The van der Waals surface area contributed by atoms with Crippen molar-refractivity contribution < 1.29 is 23.4 Å². The fourth-order valence-electron chi connectivity index (χ4n) is 3.35. The molecule has 7 nitrogen and oxygen atoms in total. The summed E-state index contributed by atoms with van der Waals surface area (Å²) in [6.07, 6.45) is 3.70. The van der Waals surface area contributed by atoms with Gasteiger partial charge in [-0.2, -0.15) is 5.10 Å². The Hall–Kier alpha value is -3.26. The largest absolute Gasteiger partial charge is 0.488 e. The lowest BCUT2D eigenvalue weighted by molar-refractivity contribution is -0.142. The minimum atomic E-state index is -0.282. The van der Waals surface area contributed by atoms with Crippen molar-refractivity contribution in [1.29, 1.82) is 0 Å². The summed E-state index contributed by atoms with van der Waals surface area (Å²) in [5.41, 5.74) is 3.12. The fraction of sp³-hybridized carbons (Fsp3) is 0.250. The van der Waals surface area contributed by atoms with Crippen LogP contribution in [0.2, 0.25) is 0 Å². The Labute approximate surface area is 194 Å². The van der Waals surface area contributed by atoms with E-state index in [0.29, 0.717) is 30.3 Å². The van der Waals surface area contributed by atoms with Crippen LogP contribution in [0.15, 0.2) is 63.8 Å². The molecule has 4 rings (SSSR count). The minimum Gasteiger partial charge on any atom is -0.488 e. The van der Waals surface area contributed by atoms with Crippen molar-refractivity contribution in [1.82, 2.24) is 9.78 Å². The summed E-state index contributed by atoms with van der Waals surface area (Å²) < 4.78 is 25.5. The number of halogens is 1. The zero-order valence-electron chi connectivity index (χ0n) is 17.8. The van der Waals surface area contributed by atoms with Crippen LogP contribution in [0.1, 0.15) is 23.7 Å². The number of ether oxygens (including phenoxy) is 3. The maximum Gasteiger partial charge on any atom is 0.310 e. The highest BCUT2D eigenvalue weighted by Crippen LogP contribution is 2.35. The topological polar surface area (TPSA) is 75.7 Å². The average molecular weight is 499 g/mol. The maximum atomic E-state index is 11.9. The number of nitrogens with zero attached hydrogens (tertiary/aromatic N) is 2. The van der Waals surface area contributed by atoms with E-state index in [0.717, 1.165) is 26.7 Å². The van der Waals surface area contributed by atoms with Crippen molar-refractivity contribution in [2.75, 3.05) is 6.61 Å². The summed E-state index contributed by atoms with van der Waals surface area (Å²) in [4.78, 5) is 11.9. The number of para-hydroxylation sites is 1. The third-order valence-corrected chi connectivity index (χ3v) is 5.28. The van der Waals surface area contributed by atoms with Gasteiger partial charge in [-0.15, -0.1) is 0 Å². The molecule has 0 aliphatic rings. The molecule has 0 saturated heterocycles. The molecule has 0 aliphatic carbocycles. The number of fused-ring (bicyclic) bond motifs is 1. The van der Waals surface area contributed by atoms with Crippen LogP contribution in [0.4, 0.5) is 0 Å². The number of rotatable bonds is 9. The molecule has 4 aromatic rings. The summed E-state index contributed by atoms with van der Waals surface area (Å²) in [7, 11) is 1.87. The van der Waals surface area contributed by atoms with Crippen molar-refractivity contribution in [2.45, 2.75) is 26.6 Å². The first-order valence-electron chi connectivity index (χ1n) is 10.2. The van der Waals surface area contributed by atoms with Gasteiger partial charge in [0.2, 0.25) is 0 Å². The maximum absolute atomic E-state index is 11.9. The molecule has 0 atom stereocenters. The molecule has 166 valence electrons. The van der Waals surface area contributed by atoms with E-state index >= 15 is 0 Å². The third-order valence-electron chi connectivity index (χ3n) is 4.82. The van der Waals surface area contributed by atoms with Gasteiger partial charge in [-0.1, -0.05) is 34.1 Å². The molecular weight excluding hydrogens is 476 g/mol. The van der Waals surface area contributed by atoms with Gasteiger partial charge in [-0.25, -0.2) is 0 Å². The molecule has 2 heterocycles. The molecular formula is C24H23BrN2O5. The van der Waals surface area contributed by atoms with E-state index < -0.39 is 0 Å². The lowest BCUT2D eigenvalue weighted by Crippen LogP contribution is -2.09. The van der Waals surface area contributed by atoms with Gasteiger partial charge in [0.25, 0.3) is 0 Å². The lowest BCUT2D eigenvalue weighted by Gasteiger charge is -2.11. The van der Waals surface area contributed by atoms with E-state index in [1.54, 1.807) is 17.9 Å². The number of hydrogen-bond donors (Lipinski definition) is 0. The van der Waals surface area contributed by atoms with Gasteiger partial charge in [0.15, 0.2) is 11.3 Å². The third kappa shape index (κ3) is 5.13. The zero-order chi connectivity index (χ0) is 22.5. The number of furan rings is 1. The first-order chi connectivity index (χ1) is 15.5. The van der Waals surface area contributed by atoms with Crippen LogP contribution in [0.25, 0.3) is 11.0 Å². The molecule has 0 aliphatic heterocycles. The quantitative estimate of drug-likeness (QED) is 0.295. The Bertz CT molecular complexity index is 1230. The number of hydrogen-bond acceptors (Lipinski definition) is 6. The molecule has 2 aromatic heterocycles. The first kappa shape index (κ1) is 22.0. The van der Waals surface area contributed by atoms with Gasteiger partial charge in [0.1, 0.15) is 19.0 Å². The molecule has 0 unspecified atom stereocenters. The highest BCUT2D eigenvalue weighted by Gasteiger charge is 2.15. The summed E-state index contributed by atoms with van der Waals surface area (Å²) in [5.74, 6) is 0.974. The molecule has 32 heavy (non-hydrogen) atoms. The van der Waals surface area contributed by atoms with Crippen molar-refractivity contribution in [3.63, 3.8) is 0 Å². The Morgan fingerprint density at radius 3 is 2.69 bits per heavy atom. The second kappa shape index (κ2) is 9.91. The Morgan fingerprint density at radius 1 is 1.09 bits per heavy atom. The number of esters is 1. The van der Waals surface area contributed by atoms with Gasteiger partial charge in [0, 0.05) is 34.2 Å². The van der Waals surface area contributed by atoms with Crippen LogP contribution in [0.5, 0.6) is 11.5 Å². The predicted octanol–water partition coefficient (Wildman–Crippen LogP) is 5.19. The van der Waals surface area contributed by atoms with Crippen LogP contribution in [-0.4, -0.2) is 22.4 Å². The SMILES string of the molecule is CCOC(=O)Cc1ccccc1OCc1coc2c(OCc3ccn(C)n3)cc(Br)cc12. The van der Waals surface area contributed by atoms with Gasteiger partial charge < -0.3 is 18.6 Å². The lowest BCUT2D eigenvalue weighted by atomic mass is 10.1. The van der Waals surface area contributed by atoms with Crippen molar-refractivity contribution in [3.8, 4) is 11.5 Å². The van der Waals surface area contributed by atoms with E-state index in [1.165, 1.54) is 0 Å². The molecule has 0 spiro atoms. The van der Waals surface area contributed by atoms with E-state index in [9.17, 15) is 4.79 Å². The molecule has 0 radical (unpaired) electrons. The monoisotopic (exact) mass is 498 g/mol. The first-order valence-corrected chi connectivity index (χ1v) is 11.0. The number of carbonyl (C=O) groups is 1. The zero-order valence-corrected chi connectivity index (χ0v) is 19.4. The average Bonchev–Trinajstić information content (AvgIpc) is 3.37. The van der Waals surface area contributed by atoms with Crippen molar-refractivity contribution in [2.24, 2.45) is 7.05 Å². The molecule has 0 fully saturated rings. The van der Waals surface area contributed by atoms with Crippen LogP contribution in [-0.2, 0) is 36.2 Å². The Morgan fingerprint density at radius 2 is 1.91 bits per heavy atom. The van der Waals surface area contributed by atoms with Gasteiger partial charge in [-0.05, 0) is 31.2 Å². The molecule has 8 heteroatoms. The van der Waals surface area contributed by atoms with Crippen LogP contribution >= 0.6 is 15.9 Å². The summed E-state index contributed by atoms with van der Waals surface area (Å²) in [6, 6.07) is 13.2. The molecule has 0 saturated carbocycles. The smallest absolute Gasteiger partial charge is 0.310 e. The number of benzene rings is 2. The van der Waals surface area contributed by atoms with E-state index in [1.807, 2.05) is 55.7 Å². The van der Waals surface area contributed by atoms with Crippen molar-refractivity contribution in [3.05, 3.63) is 76.2 Å². The number of aromatic nitrogens is 2. The Kier molecular flexibility index (Phi) is 6.80. The molecule has 0 N–H and O–H groups in total. The molecule has 0 amide bonds. The van der Waals surface area contributed by atoms with E-state index in [2.05, 4.69) is 21.0 Å². The fourth-order valence-corrected chi connectivity index (χ4v) is 3.78. The van der Waals surface area contributed by atoms with Gasteiger partial charge >= 0.3 is 5.97 Å². The second-order valence-corrected chi connectivity index (χ2v) is 8.10. The van der Waals surface area contributed by atoms with Crippen LogP contribution in [0, 0.1) is 0 Å².